The first-order valence-electron chi connectivity index (χ1n) is 3.19. The van der Waals surface area contributed by atoms with Crippen molar-refractivity contribution >= 4 is 12.6 Å². The molecule has 11 heavy (non-hydrogen) atoms. The molecule has 0 saturated carbocycles. The number of methoxy groups -OCH3 is 2. The summed E-state index contributed by atoms with van der Waals surface area (Å²) in [5.41, 5.74) is 0. The molecule has 0 radical (unpaired) electrons. The molecule has 1 aromatic carbocycles. The standard InChI is InChI=1S/C8H10O2S/c1-9-6-3-4-7(10-2)8(11)5-6/h3-5,11H,1-2H3. The first-order valence-corrected chi connectivity index (χ1v) is 3.63. The second-order valence-electron chi connectivity index (χ2n) is 2.04. The van der Waals surface area contributed by atoms with Gasteiger partial charge in [0.05, 0.1) is 14.2 Å². The van der Waals surface area contributed by atoms with Crippen LogP contribution in [-0.4, -0.2) is 14.2 Å². The Kier molecular flexibility index (Phi) is 2.65. The van der Waals surface area contributed by atoms with Gasteiger partial charge >= 0.3 is 0 Å². The fourth-order valence-corrected chi connectivity index (χ4v) is 1.09. The molecule has 0 unspecified atom stereocenters. The molecule has 0 amide bonds. The molecule has 0 aliphatic rings. The van der Waals surface area contributed by atoms with Crippen LogP contribution in [-0.2, 0) is 0 Å². The van der Waals surface area contributed by atoms with Crippen molar-refractivity contribution in [2.45, 2.75) is 4.90 Å². The predicted octanol–water partition coefficient (Wildman–Crippen LogP) is 1.99. The lowest BCUT2D eigenvalue weighted by molar-refractivity contribution is 0.394. The van der Waals surface area contributed by atoms with Crippen molar-refractivity contribution in [3.63, 3.8) is 0 Å². The molecule has 0 bridgehead atoms. The van der Waals surface area contributed by atoms with Crippen LogP contribution in [0.3, 0.4) is 0 Å². The van der Waals surface area contributed by atoms with Crippen LogP contribution in [0.2, 0.25) is 0 Å². The molecule has 1 aromatic rings. The Morgan fingerprint density at radius 3 is 2.36 bits per heavy atom. The molecular formula is C8H10O2S. The van der Waals surface area contributed by atoms with Crippen LogP contribution in [0.15, 0.2) is 23.1 Å². The summed E-state index contributed by atoms with van der Waals surface area (Å²) in [4.78, 5) is 0.784. The summed E-state index contributed by atoms with van der Waals surface area (Å²) in [6, 6.07) is 5.46. The highest BCUT2D eigenvalue weighted by Crippen LogP contribution is 2.26. The third kappa shape index (κ3) is 1.80. The Balaban J connectivity index is 2.99. The Morgan fingerprint density at radius 1 is 1.18 bits per heavy atom. The monoisotopic (exact) mass is 170 g/mol. The van der Waals surface area contributed by atoms with Gasteiger partial charge in [0.25, 0.3) is 0 Å². The zero-order chi connectivity index (χ0) is 8.27. The van der Waals surface area contributed by atoms with E-state index in [1.165, 1.54) is 0 Å². The third-order valence-electron chi connectivity index (χ3n) is 1.39. The van der Waals surface area contributed by atoms with E-state index in [1.807, 2.05) is 18.2 Å². The molecule has 0 N–H and O–H groups in total. The Morgan fingerprint density at radius 2 is 1.91 bits per heavy atom. The summed E-state index contributed by atoms with van der Waals surface area (Å²) in [6.07, 6.45) is 0. The van der Waals surface area contributed by atoms with Gasteiger partial charge in [-0.25, -0.2) is 0 Å². The Bertz CT molecular complexity index is 248. The van der Waals surface area contributed by atoms with Gasteiger partial charge in [-0.1, -0.05) is 0 Å². The quantitative estimate of drug-likeness (QED) is 0.684. The van der Waals surface area contributed by atoms with Gasteiger partial charge in [-0.2, -0.15) is 0 Å². The first kappa shape index (κ1) is 8.27. The number of thiol groups is 1. The van der Waals surface area contributed by atoms with E-state index in [-0.39, 0.29) is 0 Å². The molecule has 3 heteroatoms. The summed E-state index contributed by atoms with van der Waals surface area (Å²) in [5.74, 6) is 1.55. The van der Waals surface area contributed by atoms with E-state index >= 15 is 0 Å². The minimum absolute atomic E-state index is 0.758. The zero-order valence-corrected chi connectivity index (χ0v) is 7.39. The van der Waals surface area contributed by atoms with Gasteiger partial charge in [0, 0.05) is 4.90 Å². The third-order valence-corrected chi connectivity index (χ3v) is 1.74. The second-order valence-corrected chi connectivity index (χ2v) is 2.52. The predicted molar refractivity (Wildman–Crippen MR) is 46.8 cm³/mol. The Hall–Kier alpha value is -0.830. The van der Waals surface area contributed by atoms with E-state index in [4.69, 9.17) is 9.47 Å². The highest BCUT2D eigenvalue weighted by Gasteiger charge is 1.98. The molecule has 0 aliphatic heterocycles. The molecule has 0 fully saturated rings. The van der Waals surface area contributed by atoms with Gasteiger partial charge in [0.15, 0.2) is 0 Å². The molecule has 0 spiro atoms. The topological polar surface area (TPSA) is 18.5 Å². The van der Waals surface area contributed by atoms with Gasteiger partial charge in [-0.05, 0) is 18.2 Å². The first-order chi connectivity index (χ1) is 5.27. The van der Waals surface area contributed by atoms with Gasteiger partial charge in [0.2, 0.25) is 0 Å². The Labute approximate surface area is 71.5 Å². The van der Waals surface area contributed by atoms with Crippen molar-refractivity contribution < 1.29 is 9.47 Å². The minimum Gasteiger partial charge on any atom is -0.497 e. The SMILES string of the molecule is COc1ccc(OC)c(S)c1. The van der Waals surface area contributed by atoms with Crippen molar-refractivity contribution in [3.05, 3.63) is 18.2 Å². The van der Waals surface area contributed by atoms with Crippen LogP contribution in [0.25, 0.3) is 0 Å². The van der Waals surface area contributed by atoms with E-state index in [9.17, 15) is 0 Å². The number of hydrogen-bond donors (Lipinski definition) is 1. The lowest BCUT2D eigenvalue weighted by atomic mass is 10.3. The molecule has 2 nitrogen and oxygen atoms in total. The van der Waals surface area contributed by atoms with Crippen LogP contribution in [0, 0.1) is 0 Å². The van der Waals surface area contributed by atoms with Gasteiger partial charge in [-0.15, -0.1) is 12.6 Å². The van der Waals surface area contributed by atoms with E-state index in [0.717, 1.165) is 16.4 Å². The summed E-state index contributed by atoms with van der Waals surface area (Å²) in [6.45, 7) is 0. The lowest BCUT2D eigenvalue weighted by Gasteiger charge is -2.04. The molecule has 1 rings (SSSR count). The lowest BCUT2D eigenvalue weighted by Crippen LogP contribution is -1.86. The van der Waals surface area contributed by atoms with E-state index in [0.29, 0.717) is 0 Å². The number of hydrogen-bond acceptors (Lipinski definition) is 3. The van der Waals surface area contributed by atoms with Crippen LogP contribution >= 0.6 is 12.6 Å². The molecule has 0 atom stereocenters. The molecule has 0 aromatic heterocycles. The van der Waals surface area contributed by atoms with E-state index < -0.39 is 0 Å². The number of rotatable bonds is 2. The normalized spacial score (nSPS) is 9.36. The minimum atomic E-state index is 0.758. The largest absolute Gasteiger partial charge is 0.497 e. The molecule has 0 saturated heterocycles. The fraction of sp³-hybridized carbons (Fsp3) is 0.250. The average molecular weight is 170 g/mol. The highest BCUT2D eigenvalue weighted by atomic mass is 32.1. The molecular weight excluding hydrogens is 160 g/mol. The summed E-state index contributed by atoms with van der Waals surface area (Å²) < 4.78 is 10.0. The number of benzene rings is 1. The summed E-state index contributed by atoms with van der Waals surface area (Å²) in [7, 11) is 3.23. The fourth-order valence-electron chi connectivity index (χ4n) is 0.797. The second kappa shape index (κ2) is 3.53. The molecule has 60 valence electrons. The van der Waals surface area contributed by atoms with Crippen LogP contribution in [0.4, 0.5) is 0 Å². The number of ether oxygens (including phenoxy) is 2. The molecule has 0 heterocycles. The zero-order valence-electron chi connectivity index (χ0n) is 6.50. The maximum Gasteiger partial charge on any atom is 0.132 e. The van der Waals surface area contributed by atoms with Crippen molar-refractivity contribution in [3.8, 4) is 11.5 Å². The maximum atomic E-state index is 5.01. The highest BCUT2D eigenvalue weighted by molar-refractivity contribution is 7.80. The smallest absolute Gasteiger partial charge is 0.132 e. The van der Waals surface area contributed by atoms with Crippen LogP contribution in [0.1, 0.15) is 0 Å². The summed E-state index contributed by atoms with van der Waals surface area (Å²) >= 11 is 4.20. The van der Waals surface area contributed by atoms with Crippen molar-refractivity contribution in [1.29, 1.82) is 0 Å². The van der Waals surface area contributed by atoms with E-state index in [2.05, 4.69) is 12.6 Å². The van der Waals surface area contributed by atoms with Crippen molar-refractivity contribution in [2.24, 2.45) is 0 Å². The van der Waals surface area contributed by atoms with Gasteiger partial charge in [-0.3, -0.25) is 0 Å². The molecule has 0 aliphatic carbocycles. The summed E-state index contributed by atoms with van der Waals surface area (Å²) in [5, 5.41) is 0. The van der Waals surface area contributed by atoms with E-state index in [1.54, 1.807) is 14.2 Å². The van der Waals surface area contributed by atoms with Crippen LogP contribution < -0.4 is 9.47 Å². The van der Waals surface area contributed by atoms with Crippen molar-refractivity contribution in [2.75, 3.05) is 14.2 Å². The average Bonchev–Trinajstić information content (AvgIpc) is 2.04. The van der Waals surface area contributed by atoms with Gasteiger partial charge in [0.1, 0.15) is 11.5 Å². The maximum absolute atomic E-state index is 5.01. The van der Waals surface area contributed by atoms with Crippen molar-refractivity contribution in [1.82, 2.24) is 0 Å². The van der Waals surface area contributed by atoms with Crippen LogP contribution in [0.5, 0.6) is 11.5 Å². The van der Waals surface area contributed by atoms with Gasteiger partial charge < -0.3 is 9.47 Å².